The fourth-order valence-electron chi connectivity index (χ4n) is 0.951. The number of halogens is 1. The van der Waals surface area contributed by atoms with E-state index in [1.165, 1.54) is 0 Å². The molecule has 1 N–H and O–H groups in total. The van der Waals surface area contributed by atoms with Gasteiger partial charge in [0.15, 0.2) is 0 Å². The molecule has 0 saturated heterocycles. The minimum atomic E-state index is 0.0599. The van der Waals surface area contributed by atoms with Crippen LogP contribution < -0.4 is 5.32 Å². The Morgan fingerprint density at radius 1 is 1.55 bits per heavy atom. The van der Waals surface area contributed by atoms with Crippen LogP contribution in [0.4, 0.5) is 0 Å². The lowest BCUT2D eigenvalue weighted by atomic mass is 10.0. The van der Waals surface area contributed by atoms with Gasteiger partial charge in [-0.05, 0) is 12.3 Å². The number of hydrogen-bond acceptors (Lipinski definition) is 1. The summed E-state index contributed by atoms with van der Waals surface area (Å²) in [6.07, 6.45) is 0.997. The Kier molecular flexibility index (Phi) is 5.56. The third-order valence-corrected chi connectivity index (χ3v) is 2.07. The zero-order chi connectivity index (χ0) is 8.85. The second-order valence-corrected chi connectivity index (χ2v) is 3.82. The van der Waals surface area contributed by atoms with Crippen molar-refractivity contribution in [1.82, 2.24) is 5.32 Å². The lowest BCUT2D eigenvalue weighted by Crippen LogP contribution is -2.37. The van der Waals surface area contributed by atoms with Gasteiger partial charge in [0.1, 0.15) is 0 Å². The van der Waals surface area contributed by atoms with Crippen molar-refractivity contribution in [2.75, 3.05) is 5.33 Å². The van der Waals surface area contributed by atoms with Crippen LogP contribution >= 0.6 is 15.9 Å². The second-order valence-electron chi connectivity index (χ2n) is 3.03. The molecule has 1 atom stereocenters. The van der Waals surface area contributed by atoms with E-state index in [-0.39, 0.29) is 5.91 Å². The predicted molar refractivity (Wildman–Crippen MR) is 50.9 cm³/mol. The SMILES string of the molecule is CC(=O)NC(CCBr)C(C)C. The molecule has 1 amide bonds. The lowest BCUT2D eigenvalue weighted by Gasteiger charge is -2.20. The van der Waals surface area contributed by atoms with Gasteiger partial charge in [0, 0.05) is 18.3 Å². The van der Waals surface area contributed by atoms with Gasteiger partial charge in [-0.3, -0.25) is 4.79 Å². The first-order chi connectivity index (χ1) is 5.07. The largest absolute Gasteiger partial charge is 0.353 e. The summed E-state index contributed by atoms with van der Waals surface area (Å²) in [4.78, 5) is 10.7. The number of carbonyl (C=O) groups is 1. The predicted octanol–water partition coefficient (Wildman–Crippen LogP) is 1.93. The van der Waals surface area contributed by atoms with Gasteiger partial charge in [-0.15, -0.1) is 0 Å². The van der Waals surface area contributed by atoms with Crippen molar-refractivity contribution in [2.24, 2.45) is 5.92 Å². The van der Waals surface area contributed by atoms with Crippen LogP contribution in [0, 0.1) is 5.92 Å². The number of nitrogens with one attached hydrogen (secondary N) is 1. The van der Waals surface area contributed by atoms with Crippen molar-refractivity contribution in [1.29, 1.82) is 0 Å². The molecular weight excluding hydrogens is 206 g/mol. The van der Waals surface area contributed by atoms with Crippen molar-refractivity contribution in [3.63, 3.8) is 0 Å². The van der Waals surface area contributed by atoms with Crippen molar-refractivity contribution < 1.29 is 4.79 Å². The molecule has 0 spiro atoms. The normalized spacial score (nSPS) is 13.2. The Bertz CT molecular complexity index is 125. The van der Waals surface area contributed by atoms with E-state index < -0.39 is 0 Å². The quantitative estimate of drug-likeness (QED) is 0.723. The average molecular weight is 222 g/mol. The summed E-state index contributed by atoms with van der Waals surface area (Å²) >= 11 is 3.36. The molecule has 0 aromatic heterocycles. The molecule has 0 aromatic rings. The third-order valence-electron chi connectivity index (χ3n) is 1.61. The molecule has 11 heavy (non-hydrogen) atoms. The van der Waals surface area contributed by atoms with Crippen LogP contribution in [-0.4, -0.2) is 17.3 Å². The van der Waals surface area contributed by atoms with Gasteiger partial charge in [0.25, 0.3) is 0 Å². The number of amides is 1. The molecule has 0 aromatic carbocycles. The van der Waals surface area contributed by atoms with Crippen LogP contribution in [0.2, 0.25) is 0 Å². The van der Waals surface area contributed by atoms with E-state index in [0.29, 0.717) is 12.0 Å². The van der Waals surface area contributed by atoms with Gasteiger partial charge >= 0.3 is 0 Å². The van der Waals surface area contributed by atoms with E-state index in [4.69, 9.17) is 0 Å². The number of carbonyl (C=O) groups excluding carboxylic acids is 1. The van der Waals surface area contributed by atoms with Crippen LogP contribution in [0.5, 0.6) is 0 Å². The van der Waals surface area contributed by atoms with Crippen molar-refractivity contribution in [3.05, 3.63) is 0 Å². The molecule has 0 rings (SSSR count). The zero-order valence-corrected chi connectivity index (χ0v) is 8.94. The summed E-state index contributed by atoms with van der Waals surface area (Å²) in [7, 11) is 0. The monoisotopic (exact) mass is 221 g/mol. The highest BCUT2D eigenvalue weighted by Crippen LogP contribution is 2.07. The van der Waals surface area contributed by atoms with Gasteiger partial charge in [-0.25, -0.2) is 0 Å². The molecule has 66 valence electrons. The minimum absolute atomic E-state index is 0.0599. The van der Waals surface area contributed by atoms with E-state index in [0.717, 1.165) is 11.8 Å². The van der Waals surface area contributed by atoms with E-state index in [9.17, 15) is 4.79 Å². The Labute approximate surface area is 76.9 Å². The highest BCUT2D eigenvalue weighted by Gasteiger charge is 2.12. The molecule has 0 saturated carbocycles. The van der Waals surface area contributed by atoms with Crippen LogP contribution in [0.25, 0.3) is 0 Å². The number of hydrogen-bond donors (Lipinski definition) is 1. The average Bonchev–Trinajstić information content (AvgIpc) is 1.86. The van der Waals surface area contributed by atoms with Gasteiger partial charge in [0.2, 0.25) is 5.91 Å². The fraction of sp³-hybridized carbons (Fsp3) is 0.875. The number of rotatable bonds is 4. The van der Waals surface area contributed by atoms with Crippen molar-refractivity contribution >= 4 is 21.8 Å². The molecule has 0 heterocycles. The van der Waals surface area contributed by atoms with Crippen LogP contribution in [0.3, 0.4) is 0 Å². The first-order valence-electron chi connectivity index (χ1n) is 3.91. The summed E-state index contributed by atoms with van der Waals surface area (Å²) in [5.74, 6) is 0.570. The summed E-state index contributed by atoms with van der Waals surface area (Å²) in [6.45, 7) is 5.79. The summed E-state index contributed by atoms with van der Waals surface area (Å²) < 4.78 is 0. The third kappa shape index (κ3) is 5.24. The van der Waals surface area contributed by atoms with Gasteiger partial charge in [-0.2, -0.15) is 0 Å². The van der Waals surface area contributed by atoms with Gasteiger partial charge in [0.05, 0.1) is 0 Å². The maximum Gasteiger partial charge on any atom is 0.217 e. The van der Waals surface area contributed by atoms with Crippen molar-refractivity contribution in [3.8, 4) is 0 Å². The highest BCUT2D eigenvalue weighted by atomic mass is 79.9. The molecule has 0 aliphatic carbocycles. The molecule has 0 aliphatic heterocycles. The Hall–Kier alpha value is -0.0500. The summed E-state index contributed by atoms with van der Waals surface area (Å²) in [5.41, 5.74) is 0. The molecule has 3 heteroatoms. The summed E-state index contributed by atoms with van der Waals surface area (Å²) in [6, 6.07) is 0.312. The minimum Gasteiger partial charge on any atom is -0.353 e. The van der Waals surface area contributed by atoms with E-state index >= 15 is 0 Å². The van der Waals surface area contributed by atoms with Crippen molar-refractivity contribution in [2.45, 2.75) is 33.2 Å². The smallest absolute Gasteiger partial charge is 0.217 e. The molecule has 0 fully saturated rings. The maximum absolute atomic E-state index is 10.7. The molecule has 0 bridgehead atoms. The Morgan fingerprint density at radius 2 is 2.09 bits per heavy atom. The zero-order valence-electron chi connectivity index (χ0n) is 7.36. The van der Waals surface area contributed by atoms with E-state index in [2.05, 4.69) is 35.1 Å². The fourth-order valence-corrected chi connectivity index (χ4v) is 1.44. The van der Waals surface area contributed by atoms with Crippen LogP contribution in [-0.2, 0) is 4.79 Å². The molecule has 1 unspecified atom stereocenters. The first-order valence-corrected chi connectivity index (χ1v) is 5.03. The highest BCUT2D eigenvalue weighted by molar-refractivity contribution is 9.09. The van der Waals surface area contributed by atoms with Gasteiger partial charge < -0.3 is 5.32 Å². The summed E-state index contributed by atoms with van der Waals surface area (Å²) in [5, 5.41) is 3.85. The maximum atomic E-state index is 10.7. The van der Waals surface area contributed by atoms with E-state index in [1.807, 2.05) is 0 Å². The lowest BCUT2D eigenvalue weighted by molar-refractivity contribution is -0.119. The van der Waals surface area contributed by atoms with Crippen LogP contribution in [0.15, 0.2) is 0 Å². The van der Waals surface area contributed by atoms with Crippen LogP contribution in [0.1, 0.15) is 27.2 Å². The molecule has 0 aliphatic rings. The molecular formula is C8H16BrNO. The standard InChI is InChI=1S/C8H16BrNO/c1-6(2)8(4-5-9)10-7(3)11/h6,8H,4-5H2,1-3H3,(H,10,11). The second kappa shape index (κ2) is 5.58. The number of alkyl halides is 1. The Balaban J connectivity index is 3.79. The molecule has 0 radical (unpaired) electrons. The van der Waals surface area contributed by atoms with E-state index in [1.54, 1.807) is 6.92 Å². The Morgan fingerprint density at radius 3 is 2.36 bits per heavy atom. The molecule has 2 nitrogen and oxygen atoms in total. The topological polar surface area (TPSA) is 29.1 Å². The first kappa shape index (κ1) is 11.0. The van der Waals surface area contributed by atoms with Gasteiger partial charge in [-0.1, -0.05) is 29.8 Å².